The summed E-state index contributed by atoms with van der Waals surface area (Å²) < 4.78 is 11.5. The third-order valence-electron chi connectivity index (χ3n) is 5.23. The van der Waals surface area contributed by atoms with Crippen LogP contribution >= 0.6 is 24.0 Å². The molecule has 0 aliphatic heterocycles. The number of nitrogens with zero attached hydrogens (tertiary/aromatic N) is 3. The number of halogens is 1. The molecule has 2 N–H and O–H groups in total. The molecule has 0 saturated carbocycles. The maximum Gasteiger partial charge on any atom is 0.219 e. The van der Waals surface area contributed by atoms with Gasteiger partial charge in [0.25, 0.3) is 0 Å². The number of aromatic nitrogens is 1. The fraction of sp³-hybridized carbons (Fsp3) is 0.520. The lowest BCUT2D eigenvalue weighted by Gasteiger charge is -2.21. The zero-order chi connectivity index (χ0) is 23.2. The smallest absolute Gasteiger partial charge is 0.219 e. The second kappa shape index (κ2) is 16.5. The molecular weight excluding hydrogens is 529 g/mol. The molecule has 0 spiro atoms. The predicted molar refractivity (Wildman–Crippen MR) is 147 cm³/mol. The molecule has 1 heterocycles. The van der Waals surface area contributed by atoms with Gasteiger partial charge in [-0.2, -0.15) is 0 Å². The van der Waals surface area contributed by atoms with Crippen LogP contribution in [-0.2, 0) is 6.54 Å². The van der Waals surface area contributed by atoms with Crippen LogP contribution in [0.15, 0.2) is 47.6 Å². The van der Waals surface area contributed by atoms with Crippen LogP contribution in [0.1, 0.15) is 46.1 Å². The van der Waals surface area contributed by atoms with Crippen LogP contribution in [0.5, 0.6) is 17.4 Å². The first-order chi connectivity index (χ1) is 15.6. The Morgan fingerprint density at radius 2 is 1.82 bits per heavy atom. The summed E-state index contributed by atoms with van der Waals surface area (Å²) in [6, 6.07) is 11.8. The van der Waals surface area contributed by atoms with Crippen LogP contribution in [0, 0.1) is 0 Å². The molecule has 2 aromatic rings. The van der Waals surface area contributed by atoms with E-state index < -0.39 is 0 Å². The molecule has 8 heteroatoms. The van der Waals surface area contributed by atoms with Gasteiger partial charge in [0.15, 0.2) is 17.5 Å². The minimum atomic E-state index is 0. The zero-order valence-corrected chi connectivity index (χ0v) is 23.0. The first-order valence-electron chi connectivity index (χ1n) is 11.6. The molecule has 1 aromatic carbocycles. The Morgan fingerprint density at radius 3 is 2.42 bits per heavy atom. The van der Waals surface area contributed by atoms with E-state index in [1.165, 1.54) is 6.42 Å². The number of ether oxygens (including phenoxy) is 2. The van der Waals surface area contributed by atoms with Crippen LogP contribution in [0.4, 0.5) is 0 Å². The number of para-hydroxylation sites is 2. The SMILES string of the molecule is CCOc1ccccc1Oc1ccc(CNC(=NC)NC(C)CCCN(CC)CC)cn1.I. The predicted octanol–water partition coefficient (Wildman–Crippen LogP) is 5.07. The average molecular weight is 570 g/mol. The van der Waals surface area contributed by atoms with Crippen molar-refractivity contribution in [1.82, 2.24) is 20.5 Å². The second-order valence-corrected chi connectivity index (χ2v) is 7.63. The van der Waals surface area contributed by atoms with Crippen molar-refractivity contribution in [3.63, 3.8) is 0 Å². The molecular formula is C25H40IN5O2. The van der Waals surface area contributed by atoms with E-state index in [1.807, 2.05) is 49.5 Å². The molecule has 0 saturated heterocycles. The Labute approximate surface area is 216 Å². The highest BCUT2D eigenvalue weighted by Gasteiger charge is 2.08. The molecule has 0 fully saturated rings. The average Bonchev–Trinajstić information content (AvgIpc) is 2.82. The van der Waals surface area contributed by atoms with Crippen molar-refractivity contribution < 1.29 is 9.47 Å². The first-order valence-corrected chi connectivity index (χ1v) is 11.6. The molecule has 1 atom stereocenters. The Hall–Kier alpha value is -2.07. The lowest BCUT2D eigenvalue weighted by Crippen LogP contribution is -2.42. The van der Waals surface area contributed by atoms with E-state index in [0.29, 0.717) is 36.6 Å². The topological polar surface area (TPSA) is 71.0 Å². The molecule has 0 aliphatic carbocycles. The van der Waals surface area contributed by atoms with E-state index in [2.05, 4.69) is 46.3 Å². The normalized spacial score (nSPS) is 12.1. The van der Waals surface area contributed by atoms with Gasteiger partial charge < -0.3 is 25.0 Å². The third kappa shape index (κ3) is 10.6. The summed E-state index contributed by atoms with van der Waals surface area (Å²) in [7, 11) is 1.79. The molecule has 0 radical (unpaired) electrons. The van der Waals surface area contributed by atoms with Crippen molar-refractivity contribution in [2.24, 2.45) is 4.99 Å². The Bertz CT molecular complexity index is 813. The number of benzene rings is 1. The summed E-state index contributed by atoms with van der Waals surface area (Å²) >= 11 is 0. The zero-order valence-electron chi connectivity index (χ0n) is 20.6. The Kier molecular flexibility index (Phi) is 14.5. The second-order valence-electron chi connectivity index (χ2n) is 7.63. The lowest BCUT2D eigenvalue weighted by molar-refractivity contribution is 0.292. The van der Waals surface area contributed by atoms with E-state index in [9.17, 15) is 0 Å². The minimum absolute atomic E-state index is 0. The van der Waals surface area contributed by atoms with E-state index in [-0.39, 0.29) is 24.0 Å². The van der Waals surface area contributed by atoms with Gasteiger partial charge in [0.1, 0.15) is 0 Å². The summed E-state index contributed by atoms with van der Waals surface area (Å²) in [4.78, 5) is 11.2. The minimum Gasteiger partial charge on any atom is -0.490 e. The fourth-order valence-electron chi connectivity index (χ4n) is 3.34. The highest BCUT2D eigenvalue weighted by atomic mass is 127. The van der Waals surface area contributed by atoms with Gasteiger partial charge in [0.05, 0.1) is 6.61 Å². The molecule has 0 bridgehead atoms. The van der Waals surface area contributed by atoms with Gasteiger partial charge in [-0.25, -0.2) is 4.98 Å². The number of pyridine rings is 1. The number of hydrogen-bond donors (Lipinski definition) is 2. The monoisotopic (exact) mass is 569 g/mol. The lowest BCUT2D eigenvalue weighted by atomic mass is 10.2. The molecule has 0 amide bonds. The van der Waals surface area contributed by atoms with Crippen molar-refractivity contribution in [3.05, 3.63) is 48.2 Å². The van der Waals surface area contributed by atoms with Crippen molar-refractivity contribution in [2.75, 3.05) is 33.3 Å². The fourth-order valence-corrected chi connectivity index (χ4v) is 3.34. The van der Waals surface area contributed by atoms with E-state index in [4.69, 9.17) is 9.47 Å². The van der Waals surface area contributed by atoms with Crippen molar-refractivity contribution >= 4 is 29.9 Å². The maximum absolute atomic E-state index is 5.89. The molecule has 33 heavy (non-hydrogen) atoms. The van der Waals surface area contributed by atoms with Gasteiger partial charge in [-0.3, -0.25) is 4.99 Å². The molecule has 1 aromatic heterocycles. The maximum atomic E-state index is 5.89. The number of nitrogens with one attached hydrogen (secondary N) is 2. The van der Waals surface area contributed by atoms with Crippen molar-refractivity contribution in [1.29, 1.82) is 0 Å². The molecule has 7 nitrogen and oxygen atoms in total. The quantitative estimate of drug-likeness (QED) is 0.200. The molecule has 184 valence electrons. The summed E-state index contributed by atoms with van der Waals surface area (Å²) in [6.07, 6.45) is 4.09. The van der Waals surface area contributed by atoms with Gasteiger partial charge in [-0.15, -0.1) is 24.0 Å². The Balaban J connectivity index is 0.00000544. The number of aliphatic imine (C=N–C) groups is 1. The highest BCUT2D eigenvalue weighted by Crippen LogP contribution is 2.30. The Morgan fingerprint density at radius 1 is 1.09 bits per heavy atom. The number of rotatable bonds is 13. The summed E-state index contributed by atoms with van der Waals surface area (Å²) in [6.45, 7) is 13.2. The molecule has 0 aliphatic rings. The summed E-state index contributed by atoms with van der Waals surface area (Å²) in [5.41, 5.74) is 1.05. The van der Waals surface area contributed by atoms with Crippen LogP contribution < -0.4 is 20.1 Å². The van der Waals surface area contributed by atoms with Gasteiger partial charge in [0.2, 0.25) is 5.88 Å². The highest BCUT2D eigenvalue weighted by molar-refractivity contribution is 14.0. The molecule has 1 unspecified atom stereocenters. The van der Waals surface area contributed by atoms with Crippen LogP contribution in [0.3, 0.4) is 0 Å². The largest absolute Gasteiger partial charge is 0.490 e. The van der Waals surface area contributed by atoms with E-state index >= 15 is 0 Å². The van der Waals surface area contributed by atoms with Gasteiger partial charge >= 0.3 is 0 Å². The van der Waals surface area contributed by atoms with Crippen molar-refractivity contribution in [2.45, 2.75) is 53.1 Å². The molecule has 2 rings (SSSR count). The third-order valence-corrected chi connectivity index (χ3v) is 5.23. The van der Waals surface area contributed by atoms with E-state index in [1.54, 1.807) is 7.05 Å². The van der Waals surface area contributed by atoms with Gasteiger partial charge in [-0.05, 0) is 64.0 Å². The van der Waals surface area contributed by atoms with Crippen molar-refractivity contribution in [3.8, 4) is 17.4 Å². The van der Waals surface area contributed by atoms with Gasteiger partial charge in [0, 0.05) is 31.9 Å². The number of hydrogen-bond acceptors (Lipinski definition) is 5. The van der Waals surface area contributed by atoms with E-state index in [0.717, 1.165) is 37.6 Å². The van der Waals surface area contributed by atoms with Gasteiger partial charge in [-0.1, -0.05) is 32.0 Å². The summed E-state index contributed by atoms with van der Waals surface area (Å²) in [5.74, 6) is 2.70. The standard InChI is InChI=1S/C25H39N5O2.HI/c1-6-30(7-2)17-11-12-20(4)29-25(26-5)28-19-21-15-16-24(27-18-21)32-23-14-10-9-13-22(23)31-8-3;/h9-10,13-16,18,20H,6-8,11-12,17,19H2,1-5H3,(H2,26,28,29);1H. The van der Waals surface area contributed by atoms with Crippen LogP contribution in [0.25, 0.3) is 0 Å². The summed E-state index contributed by atoms with van der Waals surface area (Å²) in [5, 5.41) is 6.83. The van der Waals surface area contributed by atoms with Crippen LogP contribution in [0.2, 0.25) is 0 Å². The first kappa shape index (κ1) is 29.0. The number of guanidine groups is 1. The van der Waals surface area contributed by atoms with Crippen LogP contribution in [-0.4, -0.2) is 55.2 Å².